The minimum atomic E-state index is 0. The predicted octanol–water partition coefficient (Wildman–Crippen LogP) is 4.35. The summed E-state index contributed by atoms with van der Waals surface area (Å²) in [6, 6.07) is 6.42. The van der Waals surface area contributed by atoms with Gasteiger partial charge in [-0.05, 0) is 62.6 Å². The molecule has 1 aromatic heterocycles. The maximum Gasteiger partial charge on any atom is 0.193 e. The molecule has 1 saturated heterocycles. The highest BCUT2D eigenvalue weighted by atomic mass is 127. The number of ether oxygens (including phenoxy) is 1. The number of nitrogens with zero attached hydrogens (tertiary/aromatic N) is 2. The molecule has 3 rings (SSSR count). The van der Waals surface area contributed by atoms with Crippen LogP contribution in [0.2, 0.25) is 0 Å². The molecule has 0 unspecified atom stereocenters. The molecule has 0 saturated carbocycles. The van der Waals surface area contributed by atoms with Crippen LogP contribution in [0.5, 0.6) is 0 Å². The first kappa shape index (κ1) is 23.0. The molecule has 1 fully saturated rings. The van der Waals surface area contributed by atoms with E-state index in [0.29, 0.717) is 0 Å². The van der Waals surface area contributed by atoms with Gasteiger partial charge >= 0.3 is 0 Å². The molecular weight excluding hydrogens is 463 g/mol. The quantitative estimate of drug-likeness (QED) is 0.339. The average molecular weight is 498 g/mol. The number of rotatable bonds is 7. The third kappa shape index (κ3) is 6.11. The molecule has 0 spiro atoms. The van der Waals surface area contributed by atoms with Crippen LogP contribution in [0, 0.1) is 12.8 Å². The third-order valence-corrected chi connectivity index (χ3v) is 5.55. The number of fused-ring (bicyclic) bond motifs is 1. The molecule has 0 amide bonds. The topological polar surface area (TPSA) is 52.7 Å². The number of aromatic nitrogens is 1. The van der Waals surface area contributed by atoms with E-state index in [2.05, 4.69) is 60.5 Å². The Morgan fingerprint density at radius 2 is 2.11 bits per heavy atom. The summed E-state index contributed by atoms with van der Waals surface area (Å²) in [6.07, 6.45) is 6.69. The van der Waals surface area contributed by atoms with Crippen LogP contribution in [-0.2, 0) is 11.2 Å². The zero-order chi connectivity index (χ0) is 19.1. The minimum Gasteiger partial charge on any atom is -0.381 e. The number of aromatic amines is 1. The van der Waals surface area contributed by atoms with E-state index in [0.717, 1.165) is 51.1 Å². The van der Waals surface area contributed by atoms with Crippen LogP contribution in [0.4, 0.5) is 0 Å². The molecule has 2 aromatic rings. The summed E-state index contributed by atoms with van der Waals surface area (Å²) in [6.45, 7) is 8.89. The molecule has 28 heavy (non-hydrogen) atoms. The third-order valence-electron chi connectivity index (χ3n) is 5.55. The minimum absolute atomic E-state index is 0. The van der Waals surface area contributed by atoms with Crippen molar-refractivity contribution in [3.05, 3.63) is 35.5 Å². The number of aliphatic imine (C=N–C) groups is 1. The Kier molecular flexibility index (Phi) is 9.58. The summed E-state index contributed by atoms with van der Waals surface area (Å²) in [5.41, 5.74) is 3.90. The number of hydrogen-bond donors (Lipinski definition) is 2. The fraction of sp³-hybridized carbons (Fsp3) is 0.591. The molecule has 0 bridgehead atoms. The van der Waals surface area contributed by atoms with Gasteiger partial charge in [-0.15, -0.1) is 24.0 Å². The van der Waals surface area contributed by atoms with Gasteiger partial charge in [0.2, 0.25) is 0 Å². The summed E-state index contributed by atoms with van der Waals surface area (Å²) in [5.74, 6) is 1.80. The fourth-order valence-electron chi connectivity index (χ4n) is 3.92. The predicted molar refractivity (Wildman–Crippen MR) is 129 cm³/mol. The number of hydrogen-bond acceptors (Lipinski definition) is 2. The summed E-state index contributed by atoms with van der Waals surface area (Å²) in [4.78, 5) is 10.5. The van der Waals surface area contributed by atoms with Crippen LogP contribution >= 0.6 is 24.0 Å². The highest BCUT2D eigenvalue weighted by Crippen LogP contribution is 2.22. The van der Waals surface area contributed by atoms with Gasteiger partial charge in [0.25, 0.3) is 0 Å². The van der Waals surface area contributed by atoms with E-state index in [1.165, 1.54) is 41.3 Å². The highest BCUT2D eigenvalue weighted by molar-refractivity contribution is 14.0. The number of benzene rings is 1. The first-order chi connectivity index (χ1) is 13.2. The van der Waals surface area contributed by atoms with Crippen LogP contribution in [-0.4, -0.2) is 55.7 Å². The van der Waals surface area contributed by atoms with Gasteiger partial charge in [0.15, 0.2) is 5.96 Å². The van der Waals surface area contributed by atoms with Gasteiger partial charge in [0, 0.05) is 57.0 Å². The van der Waals surface area contributed by atoms with E-state index < -0.39 is 0 Å². The number of aryl methyl sites for hydroxylation is 1. The standard InChI is InChI=1S/C22H34N4O.HI/c1-4-23-22(26(3)13-9-18-10-14-27-15-11-18)24-12-8-19-16-25-20-7-5-6-17(2)21(19)20;/h5-7,16,18,25H,4,8-15H2,1-3H3,(H,23,24);1H. The van der Waals surface area contributed by atoms with Gasteiger partial charge in [-0.25, -0.2) is 0 Å². The van der Waals surface area contributed by atoms with Crippen molar-refractivity contribution in [3.8, 4) is 0 Å². The van der Waals surface area contributed by atoms with Gasteiger partial charge in [0.1, 0.15) is 0 Å². The molecule has 0 atom stereocenters. The Bertz CT molecular complexity index is 752. The van der Waals surface area contributed by atoms with Crippen LogP contribution in [0.1, 0.15) is 37.3 Å². The van der Waals surface area contributed by atoms with Crippen molar-refractivity contribution in [2.75, 3.05) is 39.9 Å². The maximum absolute atomic E-state index is 5.47. The molecule has 6 heteroatoms. The van der Waals surface area contributed by atoms with E-state index >= 15 is 0 Å². The molecule has 5 nitrogen and oxygen atoms in total. The summed E-state index contributed by atoms with van der Waals surface area (Å²) in [7, 11) is 2.15. The second-order valence-electron chi connectivity index (χ2n) is 7.56. The smallest absolute Gasteiger partial charge is 0.193 e. The largest absolute Gasteiger partial charge is 0.381 e. The van der Waals surface area contributed by atoms with Gasteiger partial charge in [-0.3, -0.25) is 4.99 Å². The van der Waals surface area contributed by atoms with Crippen LogP contribution < -0.4 is 5.32 Å². The summed E-state index contributed by atoms with van der Waals surface area (Å²) < 4.78 is 5.47. The van der Waals surface area contributed by atoms with Crippen molar-refractivity contribution < 1.29 is 4.74 Å². The zero-order valence-electron chi connectivity index (χ0n) is 17.5. The van der Waals surface area contributed by atoms with Crippen molar-refractivity contribution in [2.24, 2.45) is 10.9 Å². The van der Waals surface area contributed by atoms with Gasteiger partial charge in [-0.2, -0.15) is 0 Å². The van der Waals surface area contributed by atoms with Crippen molar-refractivity contribution in [2.45, 2.75) is 39.5 Å². The lowest BCUT2D eigenvalue weighted by molar-refractivity contribution is 0.0625. The lowest BCUT2D eigenvalue weighted by atomic mass is 9.96. The summed E-state index contributed by atoms with van der Waals surface area (Å²) in [5, 5.41) is 4.79. The van der Waals surface area contributed by atoms with E-state index in [1.807, 2.05) is 0 Å². The van der Waals surface area contributed by atoms with Gasteiger partial charge < -0.3 is 19.9 Å². The Morgan fingerprint density at radius 1 is 1.32 bits per heavy atom. The molecular formula is C22H35IN4O. The number of halogens is 1. The Labute approximate surface area is 186 Å². The monoisotopic (exact) mass is 498 g/mol. The number of H-pyrrole nitrogens is 1. The lowest BCUT2D eigenvalue weighted by Crippen LogP contribution is -2.40. The number of guanidine groups is 1. The van der Waals surface area contributed by atoms with Crippen molar-refractivity contribution in [1.29, 1.82) is 0 Å². The van der Waals surface area contributed by atoms with Crippen molar-refractivity contribution in [1.82, 2.24) is 15.2 Å². The molecule has 156 valence electrons. The van der Waals surface area contributed by atoms with Crippen molar-refractivity contribution >= 4 is 40.8 Å². The zero-order valence-corrected chi connectivity index (χ0v) is 19.8. The van der Waals surface area contributed by atoms with Crippen LogP contribution in [0.25, 0.3) is 10.9 Å². The molecule has 2 N–H and O–H groups in total. The summed E-state index contributed by atoms with van der Waals surface area (Å²) >= 11 is 0. The molecule has 1 aromatic carbocycles. The van der Waals surface area contributed by atoms with E-state index in [9.17, 15) is 0 Å². The molecule has 1 aliphatic heterocycles. The normalized spacial score (nSPS) is 15.5. The number of nitrogens with one attached hydrogen (secondary N) is 2. The second-order valence-corrected chi connectivity index (χ2v) is 7.56. The highest BCUT2D eigenvalue weighted by Gasteiger charge is 2.15. The van der Waals surface area contributed by atoms with E-state index in [1.54, 1.807) is 0 Å². The molecule has 2 heterocycles. The SMILES string of the molecule is CCNC(=NCCc1c[nH]c2cccc(C)c12)N(C)CCC1CCOCC1.I. The Morgan fingerprint density at radius 3 is 2.86 bits per heavy atom. The average Bonchev–Trinajstić information content (AvgIpc) is 3.11. The molecule has 0 radical (unpaired) electrons. The van der Waals surface area contributed by atoms with Crippen molar-refractivity contribution in [3.63, 3.8) is 0 Å². The lowest BCUT2D eigenvalue weighted by Gasteiger charge is -2.26. The van der Waals surface area contributed by atoms with Gasteiger partial charge in [-0.1, -0.05) is 12.1 Å². The second kappa shape index (κ2) is 11.7. The van der Waals surface area contributed by atoms with Crippen LogP contribution in [0.15, 0.2) is 29.4 Å². The molecule has 1 aliphatic rings. The first-order valence-corrected chi connectivity index (χ1v) is 10.3. The Balaban J connectivity index is 0.00000280. The van der Waals surface area contributed by atoms with E-state index in [4.69, 9.17) is 9.73 Å². The van der Waals surface area contributed by atoms with E-state index in [-0.39, 0.29) is 24.0 Å². The maximum atomic E-state index is 5.47. The van der Waals surface area contributed by atoms with Crippen LogP contribution in [0.3, 0.4) is 0 Å². The fourth-order valence-corrected chi connectivity index (χ4v) is 3.92. The molecule has 0 aliphatic carbocycles. The first-order valence-electron chi connectivity index (χ1n) is 10.3. The Hall–Kier alpha value is -1.28. The van der Waals surface area contributed by atoms with Gasteiger partial charge in [0.05, 0.1) is 0 Å².